The first-order valence-corrected chi connectivity index (χ1v) is 15.7. The molecule has 3 aromatic rings. The van der Waals surface area contributed by atoms with E-state index < -0.39 is 39.0 Å². The Hall–Kier alpha value is -4.65. The molecule has 0 aliphatic heterocycles. The van der Waals surface area contributed by atoms with E-state index in [1.54, 1.807) is 43.3 Å². The number of methoxy groups -OCH3 is 2. The minimum absolute atomic E-state index is 0.00536. The quantitative estimate of drug-likeness (QED) is 0.206. The molecular weight excluding hydrogens is 600 g/mol. The zero-order valence-electron chi connectivity index (χ0n) is 26.6. The van der Waals surface area contributed by atoms with Crippen molar-refractivity contribution < 1.29 is 32.4 Å². The maximum absolute atomic E-state index is 14.2. The van der Waals surface area contributed by atoms with Gasteiger partial charge in [-0.3, -0.25) is 24.0 Å². The lowest BCUT2D eigenvalue weighted by Crippen LogP contribution is -2.55. The van der Waals surface area contributed by atoms with Gasteiger partial charge < -0.3 is 19.7 Å². The second kappa shape index (κ2) is 14.4. The second-order valence-electron chi connectivity index (χ2n) is 11.4. The highest BCUT2D eigenvalue weighted by molar-refractivity contribution is 7.92. The average molecular weight is 641 g/mol. The first-order chi connectivity index (χ1) is 21.1. The van der Waals surface area contributed by atoms with Crippen LogP contribution in [0.2, 0.25) is 0 Å². The van der Waals surface area contributed by atoms with Gasteiger partial charge in [-0.2, -0.15) is 0 Å². The lowest BCUT2D eigenvalue weighted by Gasteiger charge is -2.34. The van der Waals surface area contributed by atoms with Gasteiger partial charge in [-0.1, -0.05) is 25.1 Å². The predicted molar refractivity (Wildman–Crippen MR) is 171 cm³/mol. The van der Waals surface area contributed by atoms with Crippen molar-refractivity contribution in [2.45, 2.75) is 64.1 Å². The van der Waals surface area contributed by atoms with Gasteiger partial charge in [-0.15, -0.1) is 0 Å². The van der Waals surface area contributed by atoms with Crippen molar-refractivity contribution in [3.05, 3.63) is 88.0 Å². The number of carbonyl (C=O) groups is 2. The summed E-state index contributed by atoms with van der Waals surface area (Å²) in [6, 6.07) is 15.7. The summed E-state index contributed by atoms with van der Waals surface area (Å²) in [7, 11) is -1.52. The number of hydrogen-bond acceptors (Lipinski definition) is 8. The van der Waals surface area contributed by atoms with Gasteiger partial charge in [0, 0.05) is 23.7 Å². The van der Waals surface area contributed by atoms with Crippen LogP contribution in [0, 0.1) is 17.0 Å². The van der Waals surface area contributed by atoms with Crippen LogP contribution in [0.1, 0.15) is 45.2 Å². The van der Waals surface area contributed by atoms with Gasteiger partial charge in [0.2, 0.25) is 11.8 Å². The molecule has 0 aromatic heterocycles. The highest BCUT2D eigenvalue weighted by Gasteiger charge is 2.35. The van der Waals surface area contributed by atoms with Crippen LogP contribution in [0.5, 0.6) is 11.5 Å². The Morgan fingerprint density at radius 3 is 2.00 bits per heavy atom. The number of nitrogens with one attached hydrogen (secondary N) is 1. The summed E-state index contributed by atoms with van der Waals surface area (Å²) in [4.78, 5) is 39.7. The molecule has 0 bridgehead atoms. The maximum atomic E-state index is 14.2. The summed E-state index contributed by atoms with van der Waals surface area (Å²) in [6.07, 6.45) is 0.253. The van der Waals surface area contributed by atoms with Gasteiger partial charge >= 0.3 is 0 Å². The molecule has 1 atom stereocenters. The van der Waals surface area contributed by atoms with Crippen LogP contribution in [0.4, 0.5) is 11.4 Å². The Morgan fingerprint density at radius 1 is 0.956 bits per heavy atom. The number of anilines is 1. The standard InChI is InChI=1S/C32H40N4O8S/c1-8-28(31(38)33-32(3,4)5)34(20-23-10-14-25(43-6)15-11-23)30(37)21-35(24-12-16-26(44-7)17-13-24)45(41,42)27-18-9-22(2)29(19-27)36(39)40/h9-19,28H,8,20-21H2,1-7H3,(H,33,38). The van der Waals surface area contributed by atoms with Crippen LogP contribution in [-0.4, -0.2) is 62.4 Å². The van der Waals surface area contributed by atoms with E-state index in [2.05, 4.69) is 5.32 Å². The Morgan fingerprint density at radius 2 is 1.51 bits per heavy atom. The fourth-order valence-electron chi connectivity index (χ4n) is 4.65. The van der Waals surface area contributed by atoms with Gasteiger partial charge in [0.25, 0.3) is 15.7 Å². The van der Waals surface area contributed by atoms with Crippen LogP contribution in [0.25, 0.3) is 0 Å². The van der Waals surface area contributed by atoms with E-state index in [1.165, 1.54) is 50.3 Å². The summed E-state index contributed by atoms with van der Waals surface area (Å²) in [5.74, 6) is 0.0279. The third-order valence-corrected chi connectivity index (χ3v) is 8.77. The third-order valence-electron chi connectivity index (χ3n) is 7.00. The van der Waals surface area contributed by atoms with Crippen LogP contribution < -0.4 is 19.1 Å². The van der Waals surface area contributed by atoms with E-state index in [9.17, 15) is 28.1 Å². The van der Waals surface area contributed by atoms with E-state index in [-0.39, 0.29) is 40.7 Å². The highest BCUT2D eigenvalue weighted by Crippen LogP contribution is 2.30. The molecule has 0 saturated carbocycles. The smallest absolute Gasteiger partial charge is 0.273 e. The monoisotopic (exact) mass is 640 g/mol. The molecule has 242 valence electrons. The highest BCUT2D eigenvalue weighted by atomic mass is 32.2. The minimum Gasteiger partial charge on any atom is -0.497 e. The van der Waals surface area contributed by atoms with E-state index >= 15 is 0 Å². The molecule has 0 aliphatic rings. The number of carbonyl (C=O) groups excluding carboxylic acids is 2. The molecule has 45 heavy (non-hydrogen) atoms. The molecule has 12 nitrogen and oxygen atoms in total. The molecule has 1 N–H and O–H groups in total. The second-order valence-corrected chi connectivity index (χ2v) is 13.3. The normalized spacial score (nSPS) is 12.2. The van der Waals surface area contributed by atoms with E-state index in [0.717, 1.165) is 10.4 Å². The summed E-state index contributed by atoms with van der Waals surface area (Å²) in [5, 5.41) is 14.6. The number of benzene rings is 3. The first-order valence-electron chi connectivity index (χ1n) is 14.3. The number of aryl methyl sites for hydroxylation is 1. The largest absolute Gasteiger partial charge is 0.497 e. The SMILES string of the molecule is CCC(C(=O)NC(C)(C)C)N(Cc1ccc(OC)cc1)C(=O)CN(c1ccc(OC)cc1)S(=O)(=O)c1ccc(C)c([N+](=O)[O-])c1. The van der Waals surface area contributed by atoms with Gasteiger partial charge in [-0.25, -0.2) is 8.42 Å². The maximum Gasteiger partial charge on any atom is 0.273 e. The predicted octanol–water partition coefficient (Wildman–Crippen LogP) is 4.84. The minimum atomic E-state index is -4.51. The van der Waals surface area contributed by atoms with E-state index in [1.807, 2.05) is 20.8 Å². The fourth-order valence-corrected chi connectivity index (χ4v) is 6.09. The third kappa shape index (κ3) is 8.72. The van der Waals surface area contributed by atoms with Crippen LogP contribution in [-0.2, 0) is 26.2 Å². The van der Waals surface area contributed by atoms with Gasteiger partial charge in [0.05, 0.1) is 29.7 Å². The first kappa shape index (κ1) is 34.8. The average Bonchev–Trinajstić information content (AvgIpc) is 2.99. The van der Waals surface area contributed by atoms with Crippen molar-refractivity contribution in [3.63, 3.8) is 0 Å². The summed E-state index contributed by atoms with van der Waals surface area (Å²) >= 11 is 0. The Kier molecular flexibility index (Phi) is 11.2. The summed E-state index contributed by atoms with van der Waals surface area (Å²) in [5.41, 5.74) is 0.149. The van der Waals surface area contributed by atoms with Gasteiger partial charge in [0.1, 0.15) is 24.1 Å². The lowest BCUT2D eigenvalue weighted by molar-refractivity contribution is -0.385. The topological polar surface area (TPSA) is 148 Å². The molecule has 1 unspecified atom stereocenters. The molecule has 3 aromatic carbocycles. The van der Waals surface area contributed by atoms with Crippen LogP contribution >= 0.6 is 0 Å². The molecule has 3 rings (SSSR count). The molecule has 0 spiro atoms. The van der Waals surface area contributed by atoms with Gasteiger partial charge in [0.15, 0.2) is 0 Å². The fraction of sp³-hybridized carbons (Fsp3) is 0.375. The molecule has 0 aliphatic carbocycles. The Bertz CT molecular complexity index is 1620. The van der Waals surface area contributed by atoms with E-state index in [4.69, 9.17) is 9.47 Å². The molecule has 0 saturated heterocycles. The molecule has 0 radical (unpaired) electrons. The lowest BCUT2D eigenvalue weighted by atomic mass is 10.1. The van der Waals surface area contributed by atoms with Crippen molar-refractivity contribution in [2.24, 2.45) is 0 Å². The van der Waals surface area contributed by atoms with Crippen molar-refractivity contribution in [1.29, 1.82) is 0 Å². The number of amides is 2. The number of nitro groups is 1. The van der Waals surface area contributed by atoms with Crippen molar-refractivity contribution in [3.8, 4) is 11.5 Å². The van der Waals surface area contributed by atoms with Crippen LogP contribution in [0.15, 0.2) is 71.6 Å². The van der Waals surface area contributed by atoms with Crippen LogP contribution in [0.3, 0.4) is 0 Å². The summed E-state index contributed by atoms with van der Waals surface area (Å²) in [6.45, 7) is 8.07. The number of nitrogens with zero attached hydrogens (tertiary/aromatic N) is 3. The number of hydrogen-bond donors (Lipinski definition) is 1. The molecule has 0 heterocycles. The van der Waals surface area contributed by atoms with E-state index in [0.29, 0.717) is 17.1 Å². The molecule has 13 heteroatoms. The zero-order chi connectivity index (χ0) is 33.5. The molecule has 2 amide bonds. The zero-order valence-corrected chi connectivity index (χ0v) is 27.4. The molecular formula is C32H40N4O8S. The number of nitro benzene ring substituents is 1. The Labute approximate surface area is 264 Å². The van der Waals surface area contributed by atoms with Crippen molar-refractivity contribution >= 4 is 33.2 Å². The summed E-state index contributed by atoms with van der Waals surface area (Å²) < 4.78 is 39.6. The number of rotatable bonds is 13. The molecule has 0 fully saturated rings. The van der Waals surface area contributed by atoms with Crippen molar-refractivity contribution in [2.75, 3.05) is 25.1 Å². The number of ether oxygens (including phenoxy) is 2. The number of sulfonamides is 1. The Balaban J connectivity index is 2.13. The van der Waals surface area contributed by atoms with Crippen molar-refractivity contribution in [1.82, 2.24) is 10.2 Å². The van der Waals surface area contributed by atoms with Gasteiger partial charge in [-0.05, 0) is 82.1 Å².